The van der Waals surface area contributed by atoms with Crippen molar-refractivity contribution in [2.24, 2.45) is 0 Å². The topological polar surface area (TPSA) is 94.1 Å². The van der Waals surface area contributed by atoms with Crippen LogP contribution in [0.15, 0.2) is 40.1 Å². The highest BCUT2D eigenvalue weighted by Gasteiger charge is 2.18. The maximum atomic E-state index is 12.6. The predicted octanol–water partition coefficient (Wildman–Crippen LogP) is 3.32. The minimum atomic E-state index is -0.612. The number of benzene rings is 1. The normalized spacial score (nSPS) is 11.6. The van der Waals surface area contributed by atoms with E-state index < -0.39 is 17.2 Å². The first-order valence-corrected chi connectivity index (χ1v) is 9.58. The minimum absolute atomic E-state index is 0.00906. The van der Waals surface area contributed by atoms with E-state index in [0.717, 1.165) is 11.1 Å². The number of rotatable bonds is 4. The van der Waals surface area contributed by atoms with Crippen molar-refractivity contribution in [1.29, 1.82) is 0 Å². The average molecular weight is 395 g/mol. The van der Waals surface area contributed by atoms with Crippen LogP contribution in [0.5, 0.6) is 5.75 Å². The van der Waals surface area contributed by atoms with Gasteiger partial charge in [0.15, 0.2) is 0 Å². The molecule has 0 atom stereocenters. The van der Waals surface area contributed by atoms with Crippen molar-refractivity contribution in [3.05, 3.63) is 68.0 Å². The van der Waals surface area contributed by atoms with Gasteiger partial charge in [-0.1, -0.05) is 39.8 Å². The molecule has 0 aliphatic heterocycles. The SMILES string of the molecule is CCCn1c(=O)[nH]c(=O)c2cc(C(=O)Oc3ccc(C(C)(C)C)cc3C)cnc21. The fourth-order valence-electron chi connectivity index (χ4n) is 3.10. The highest BCUT2D eigenvalue weighted by atomic mass is 16.5. The van der Waals surface area contributed by atoms with Crippen molar-refractivity contribution in [1.82, 2.24) is 14.5 Å². The zero-order chi connectivity index (χ0) is 21.3. The summed E-state index contributed by atoms with van der Waals surface area (Å²) in [6.07, 6.45) is 2.03. The van der Waals surface area contributed by atoms with E-state index in [0.29, 0.717) is 18.7 Å². The summed E-state index contributed by atoms with van der Waals surface area (Å²) in [6, 6.07) is 7.11. The number of ether oxygens (including phenoxy) is 1. The van der Waals surface area contributed by atoms with Gasteiger partial charge in [0.2, 0.25) is 0 Å². The van der Waals surface area contributed by atoms with E-state index in [4.69, 9.17) is 4.74 Å². The van der Waals surface area contributed by atoms with Crippen LogP contribution in [-0.4, -0.2) is 20.5 Å². The van der Waals surface area contributed by atoms with Gasteiger partial charge in [0.1, 0.15) is 11.4 Å². The molecule has 7 heteroatoms. The molecule has 3 rings (SSSR count). The molecule has 7 nitrogen and oxygen atoms in total. The highest BCUT2D eigenvalue weighted by molar-refractivity contribution is 5.94. The van der Waals surface area contributed by atoms with Crippen LogP contribution in [0.3, 0.4) is 0 Å². The number of fused-ring (bicyclic) bond motifs is 1. The number of esters is 1. The fourth-order valence-corrected chi connectivity index (χ4v) is 3.10. The lowest BCUT2D eigenvalue weighted by molar-refractivity contribution is 0.0733. The van der Waals surface area contributed by atoms with Gasteiger partial charge in [-0.3, -0.25) is 14.3 Å². The lowest BCUT2D eigenvalue weighted by atomic mass is 9.86. The van der Waals surface area contributed by atoms with Gasteiger partial charge in [-0.15, -0.1) is 0 Å². The molecule has 2 aromatic heterocycles. The molecular weight excluding hydrogens is 370 g/mol. The molecule has 3 aromatic rings. The quantitative estimate of drug-likeness (QED) is 0.540. The second kappa shape index (κ2) is 7.66. The number of carbonyl (C=O) groups excluding carboxylic acids is 1. The van der Waals surface area contributed by atoms with Crippen molar-refractivity contribution in [2.75, 3.05) is 0 Å². The molecule has 2 heterocycles. The molecule has 0 fully saturated rings. The summed E-state index contributed by atoms with van der Waals surface area (Å²) in [7, 11) is 0. The Labute approximate surface area is 168 Å². The van der Waals surface area contributed by atoms with Gasteiger partial charge in [-0.25, -0.2) is 14.6 Å². The Kier molecular flexibility index (Phi) is 5.42. The molecular formula is C22H25N3O4. The molecule has 0 aliphatic carbocycles. The van der Waals surface area contributed by atoms with Crippen LogP contribution < -0.4 is 16.0 Å². The molecule has 0 radical (unpaired) electrons. The van der Waals surface area contributed by atoms with Gasteiger partial charge >= 0.3 is 11.7 Å². The number of carbonyl (C=O) groups is 1. The van der Waals surface area contributed by atoms with Crippen molar-refractivity contribution >= 4 is 17.0 Å². The van der Waals surface area contributed by atoms with Crippen LogP contribution in [0.4, 0.5) is 0 Å². The number of hydrogen-bond acceptors (Lipinski definition) is 5. The van der Waals surface area contributed by atoms with E-state index in [1.165, 1.54) is 16.8 Å². The van der Waals surface area contributed by atoms with Crippen LogP contribution in [-0.2, 0) is 12.0 Å². The summed E-state index contributed by atoms with van der Waals surface area (Å²) >= 11 is 0. The molecule has 0 unspecified atom stereocenters. The molecule has 29 heavy (non-hydrogen) atoms. The maximum Gasteiger partial charge on any atom is 0.345 e. The first kappa shape index (κ1) is 20.5. The van der Waals surface area contributed by atoms with Crippen molar-refractivity contribution < 1.29 is 9.53 Å². The summed E-state index contributed by atoms with van der Waals surface area (Å²) in [5, 5.41) is 0.173. The molecule has 152 valence electrons. The first-order valence-electron chi connectivity index (χ1n) is 9.58. The van der Waals surface area contributed by atoms with Crippen LogP contribution in [0, 0.1) is 6.92 Å². The van der Waals surface area contributed by atoms with E-state index in [9.17, 15) is 14.4 Å². The van der Waals surface area contributed by atoms with Gasteiger partial charge in [-0.2, -0.15) is 0 Å². The molecule has 1 aromatic carbocycles. The molecule has 0 saturated carbocycles. The third-order valence-electron chi connectivity index (χ3n) is 4.76. The summed E-state index contributed by atoms with van der Waals surface area (Å²) < 4.78 is 6.92. The Hall–Kier alpha value is -3.22. The van der Waals surface area contributed by atoms with Crippen LogP contribution in [0.1, 0.15) is 55.6 Å². The Balaban J connectivity index is 1.96. The Bertz CT molecular complexity index is 1200. The molecule has 0 bridgehead atoms. The van der Waals surface area contributed by atoms with E-state index in [2.05, 4.69) is 30.7 Å². The van der Waals surface area contributed by atoms with Crippen molar-refractivity contribution in [3.8, 4) is 5.75 Å². The molecule has 0 amide bonds. The van der Waals surface area contributed by atoms with Gasteiger partial charge < -0.3 is 4.74 Å². The second-order valence-electron chi connectivity index (χ2n) is 8.13. The van der Waals surface area contributed by atoms with Crippen molar-refractivity contribution in [2.45, 2.75) is 53.0 Å². The smallest absolute Gasteiger partial charge is 0.345 e. The van der Waals surface area contributed by atoms with Gasteiger partial charge in [-0.05, 0) is 42.0 Å². The third-order valence-corrected chi connectivity index (χ3v) is 4.76. The lowest BCUT2D eigenvalue weighted by Crippen LogP contribution is -2.31. The maximum absolute atomic E-state index is 12.6. The number of pyridine rings is 1. The zero-order valence-corrected chi connectivity index (χ0v) is 17.3. The van der Waals surface area contributed by atoms with Crippen LogP contribution >= 0.6 is 0 Å². The average Bonchev–Trinajstić information content (AvgIpc) is 2.65. The van der Waals surface area contributed by atoms with Crippen molar-refractivity contribution in [3.63, 3.8) is 0 Å². The van der Waals surface area contributed by atoms with E-state index in [-0.39, 0.29) is 22.0 Å². The van der Waals surface area contributed by atoms with E-state index in [1.54, 1.807) is 6.07 Å². The van der Waals surface area contributed by atoms with E-state index in [1.807, 2.05) is 26.0 Å². The van der Waals surface area contributed by atoms with Gasteiger partial charge in [0, 0.05) is 12.7 Å². The summed E-state index contributed by atoms with van der Waals surface area (Å²) in [5.74, 6) is -0.161. The monoisotopic (exact) mass is 395 g/mol. The summed E-state index contributed by atoms with van der Waals surface area (Å²) in [4.78, 5) is 43.3. The number of hydrogen-bond donors (Lipinski definition) is 1. The minimum Gasteiger partial charge on any atom is -0.423 e. The summed E-state index contributed by atoms with van der Waals surface area (Å²) in [6.45, 7) is 10.6. The second-order valence-corrected chi connectivity index (χ2v) is 8.13. The number of aromatic nitrogens is 3. The zero-order valence-electron chi connectivity index (χ0n) is 17.3. The molecule has 0 saturated heterocycles. The Morgan fingerprint density at radius 1 is 1.21 bits per heavy atom. The molecule has 0 aliphatic rings. The largest absolute Gasteiger partial charge is 0.423 e. The van der Waals surface area contributed by atoms with Gasteiger partial charge in [0.25, 0.3) is 5.56 Å². The standard InChI is InChI=1S/C22H25N3O4/c1-6-9-25-18-16(19(26)24-21(25)28)11-14(12-23-18)20(27)29-17-8-7-15(10-13(17)2)22(3,4)5/h7-8,10-12H,6,9H2,1-5H3,(H,24,26,28). The van der Waals surface area contributed by atoms with Gasteiger partial charge in [0.05, 0.1) is 10.9 Å². The number of nitrogens with zero attached hydrogens (tertiary/aromatic N) is 2. The number of nitrogens with one attached hydrogen (secondary N) is 1. The van der Waals surface area contributed by atoms with Crippen LogP contribution in [0.25, 0.3) is 11.0 Å². The van der Waals surface area contributed by atoms with Crippen LogP contribution in [0.2, 0.25) is 0 Å². The summed E-state index contributed by atoms with van der Waals surface area (Å²) in [5.41, 5.74) is 1.28. The highest BCUT2D eigenvalue weighted by Crippen LogP contribution is 2.28. The number of aryl methyl sites for hydroxylation is 2. The Morgan fingerprint density at radius 3 is 2.55 bits per heavy atom. The fraction of sp³-hybridized carbons (Fsp3) is 0.364. The third kappa shape index (κ3) is 4.13. The molecule has 0 spiro atoms. The first-order chi connectivity index (χ1) is 13.6. The number of H-pyrrole nitrogens is 1. The molecule has 1 N–H and O–H groups in total. The number of aromatic amines is 1. The predicted molar refractivity (Wildman–Crippen MR) is 112 cm³/mol. The van der Waals surface area contributed by atoms with E-state index >= 15 is 0 Å². The Morgan fingerprint density at radius 2 is 1.93 bits per heavy atom. The lowest BCUT2D eigenvalue weighted by Gasteiger charge is -2.20.